The maximum absolute atomic E-state index is 12.1. The highest BCUT2D eigenvalue weighted by atomic mass is 16.2. The molecule has 1 heterocycles. The number of hydrogen-bond acceptors (Lipinski definition) is 3. The van der Waals surface area contributed by atoms with Gasteiger partial charge in [0.05, 0.1) is 0 Å². The first kappa shape index (κ1) is 12.8. The molecule has 2 rings (SSSR count). The average molecular weight is 239 g/mol. The van der Waals surface area contributed by atoms with Gasteiger partial charge >= 0.3 is 0 Å². The van der Waals surface area contributed by atoms with Crippen molar-refractivity contribution in [2.45, 2.75) is 50.1 Å². The number of carbonyl (C=O) groups excluding carboxylic acids is 1. The predicted molar refractivity (Wildman–Crippen MR) is 68.7 cm³/mol. The van der Waals surface area contributed by atoms with Crippen molar-refractivity contribution in [2.75, 3.05) is 27.2 Å². The quantitative estimate of drug-likeness (QED) is 0.793. The van der Waals surface area contributed by atoms with Gasteiger partial charge in [0, 0.05) is 31.1 Å². The van der Waals surface area contributed by atoms with Gasteiger partial charge in [0.2, 0.25) is 5.91 Å². The largest absolute Gasteiger partial charge is 0.343 e. The summed E-state index contributed by atoms with van der Waals surface area (Å²) >= 11 is 0. The molecule has 0 spiro atoms. The molecule has 1 amide bonds. The lowest BCUT2D eigenvalue weighted by Crippen LogP contribution is -2.52. The maximum atomic E-state index is 12.1. The smallest absolute Gasteiger partial charge is 0.224 e. The summed E-state index contributed by atoms with van der Waals surface area (Å²) in [5.41, 5.74) is 5.96. The second-order valence-electron chi connectivity index (χ2n) is 5.97. The Bertz CT molecular complexity index is 278. The number of amides is 1. The Hall–Kier alpha value is -0.610. The van der Waals surface area contributed by atoms with Gasteiger partial charge in [0.1, 0.15) is 0 Å². The summed E-state index contributed by atoms with van der Waals surface area (Å²) in [6.07, 6.45) is 5.97. The van der Waals surface area contributed by atoms with Gasteiger partial charge in [-0.2, -0.15) is 0 Å². The van der Waals surface area contributed by atoms with Crippen molar-refractivity contribution in [2.24, 2.45) is 5.73 Å². The first-order valence-electron chi connectivity index (χ1n) is 6.73. The van der Waals surface area contributed by atoms with E-state index < -0.39 is 0 Å². The standard InChI is InChI=1S/C13H25N3O/c1-15(2)11-4-8-16(9-5-11)12(17)10-13(14)6-3-7-13/h11H,3-10,14H2,1-2H3. The number of carbonyl (C=O) groups is 1. The molecule has 4 heteroatoms. The van der Waals surface area contributed by atoms with Crippen LogP contribution in [0.1, 0.15) is 38.5 Å². The Morgan fingerprint density at radius 2 is 1.94 bits per heavy atom. The first-order chi connectivity index (χ1) is 8.00. The molecular formula is C13H25N3O. The number of nitrogens with zero attached hydrogens (tertiary/aromatic N) is 2. The van der Waals surface area contributed by atoms with Gasteiger partial charge < -0.3 is 15.5 Å². The van der Waals surface area contributed by atoms with Gasteiger partial charge in [0.15, 0.2) is 0 Å². The van der Waals surface area contributed by atoms with Gasteiger partial charge in [-0.05, 0) is 46.2 Å². The van der Waals surface area contributed by atoms with Crippen LogP contribution in [0.15, 0.2) is 0 Å². The molecule has 2 aliphatic rings. The zero-order chi connectivity index (χ0) is 12.5. The van der Waals surface area contributed by atoms with Crippen molar-refractivity contribution < 1.29 is 4.79 Å². The van der Waals surface area contributed by atoms with E-state index in [4.69, 9.17) is 5.73 Å². The van der Waals surface area contributed by atoms with Crippen molar-refractivity contribution in [1.29, 1.82) is 0 Å². The zero-order valence-electron chi connectivity index (χ0n) is 11.1. The zero-order valence-corrected chi connectivity index (χ0v) is 11.1. The molecule has 0 aromatic heterocycles. The van der Waals surface area contributed by atoms with Gasteiger partial charge in [-0.15, -0.1) is 0 Å². The van der Waals surface area contributed by atoms with Crippen molar-refractivity contribution in [3.8, 4) is 0 Å². The number of hydrogen-bond donors (Lipinski definition) is 1. The number of nitrogens with two attached hydrogens (primary N) is 1. The number of piperidine rings is 1. The Kier molecular flexibility index (Phi) is 3.73. The SMILES string of the molecule is CN(C)C1CCN(C(=O)CC2(N)CCC2)CC1. The molecule has 1 aliphatic carbocycles. The minimum Gasteiger partial charge on any atom is -0.343 e. The summed E-state index contributed by atoms with van der Waals surface area (Å²) < 4.78 is 0. The van der Waals surface area contributed by atoms with E-state index in [1.165, 1.54) is 6.42 Å². The predicted octanol–water partition coefficient (Wildman–Crippen LogP) is 0.811. The fourth-order valence-electron chi connectivity index (χ4n) is 2.85. The second kappa shape index (κ2) is 4.94. The highest BCUT2D eigenvalue weighted by molar-refractivity contribution is 5.77. The van der Waals surface area contributed by atoms with Gasteiger partial charge in [-0.1, -0.05) is 0 Å². The molecule has 0 unspecified atom stereocenters. The van der Waals surface area contributed by atoms with Crippen molar-refractivity contribution >= 4 is 5.91 Å². The average Bonchev–Trinajstić information content (AvgIpc) is 2.27. The minimum atomic E-state index is -0.171. The molecule has 1 saturated carbocycles. The Morgan fingerprint density at radius 3 is 2.35 bits per heavy atom. The van der Waals surface area contributed by atoms with Crippen LogP contribution in [0.4, 0.5) is 0 Å². The van der Waals surface area contributed by atoms with Crippen LogP contribution in [0.5, 0.6) is 0 Å². The summed E-state index contributed by atoms with van der Waals surface area (Å²) in [7, 11) is 4.23. The topological polar surface area (TPSA) is 49.6 Å². The second-order valence-corrected chi connectivity index (χ2v) is 5.97. The van der Waals surface area contributed by atoms with Crippen LogP contribution in [0.2, 0.25) is 0 Å². The Labute approximate surface area is 104 Å². The highest BCUT2D eigenvalue weighted by Crippen LogP contribution is 2.33. The van der Waals surface area contributed by atoms with E-state index in [-0.39, 0.29) is 11.4 Å². The summed E-state index contributed by atoms with van der Waals surface area (Å²) in [6.45, 7) is 1.80. The van der Waals surface area contributed by atoms with E-state index >= 15 is 0 Å². The van der Waals surface area contributed by atoms with Crippen LogP contribution >= 0.6 is 0 Å². The van der Waals surface area contributed by atoms with E-state index in [0.29, 0.717) is 12.5 Å². The molecule has 0 radical (unpaired) electrons. The maximum Gasteiger partial charge on any atom is 0.224 e. The lowest BCUT2D eigenvalue weighted by atomic mass is 9.75. The fourth-order valence-corrected chi connectivity index (χ4v) is 2.85. The molecule has 0 bridgehead atoms. The van der Waals surface area contributed by atoms with Gasteiger partial charge in [-0.3, -0.25) is 4.79 Å². The van der Waals surface area contributed by atoms with Crippen LogP contribution in [-0.2, 0) is 4.79 Å². The van der Waals surface area contributed by atoms with E-state index in [9.17, 15) is 4.79 Å². The molecular weight excluding hydrogens is 214 g/mol. The van der Waals surface area contributed by atoms with Crippen LogP contribution in [-0.4, -0.2) is 54.5 Å². The third-order valence-corrected chi connectivity index (χ3v) is 4.40. The minimum absolute atomic E-state index is 0.171. The third kappa shape index (κ3) is 2.99. The lowest BCUT2D eigenvalue weighted by Gasteiger charge is -2.41. The molecule has 4 nitrogen and oxygen atoms in total. The van der Waals surface area contributed by atoms with E-state index in [1.807, 2.05) is 4.90 Å². The molecule has 0 aromatic rings. The summed E-state index contributed by atoms with van der Waals surface area (Å²) in [5, 5.41) is 0. The Balaban J connectivity index is 1.78. The van der Waals surface area contributed by atoms with Crippen molar-refractivity contribution in [3.63, 3.8) is 0 Å². The van der Waals surface area contributed by atoms with Gasteiger partial charge in [0.25, 0.3) is 0 Å². The number of likely N-dealkylation sites (tertiary alicyclic amines) is 1. The molecule has 1 aliphatic heterocycles. The first-order valence-corrected chi connectivity index (χ1v) is 6.73. The number of rotatable bonds is 3. The summed E-state index contributed by atoms with van der Waals surface area (Å²) in [6, 6.07) is 0.634. The van der Waals surface area contributed by atoms with E-state index in [2.05, 4.69) is 19.0 Å². The van der Waals surface area contributed by atoms with Crippen LogP contribution < -0.4 is 5.73 Å². The van der Waals surface area contributed by atoms with Crippen LogP contribution in [0.3, 0.4) is 0 Å². The molecule has 0 aromatic carbocycles. The Morgan fingerprint density at radius 1 is 1.35 bits per heavy atom. The van der Waals surface area contributed by atoms with Crippen LogP contribution in [0, 0.1) is 0 Å². The molecule has 98 valence electrons. The molecule has 2 N–H and O–H groups in total. The highest BCUT2D eigenvalue weighted by Gasteiger charge is 2.36. The van der Waals surface area contributed by atoms with Crippen molar-refractivity contribution in [3.05, 3.63) is 0 Å². The normalized spacial score (nSPS) is 24.8. The monoisotopic (exact) mass is 239 g/mol. The van der Waals surface area contributed by atoms with Crippen molar-refractivity contribution in [1.82, 2.24) is 9.80 Å². The third-order valence-electron chi connectivity index (χ3n) is 4.40. The molecule has 2 fully saturated rings. The van der Waals surface area contributed by atoms with E-state index in [1.54, 1.807) is 0 Å². The lowest BCUT2D eigenvalue weighted by molar-refractivity contribution is -0.134. The van der Waals surface area contributed by atoms with E-state index in [0.717, 1.165) is 38.8 Å². The molecule has 1 saturated heterocycles. The van der Waals surface area contributed by atoms with Crippen LogP contribution in [0.25, 0.3) is 0 Å². The fraction of sp³-hybridized carbons (Fsp3) is 0.923. The summed E-state index contributed by atoms with van der Waals surface area (Å²) in [5.74, 6) is 0.268. The molecule has 0 atom stereocenters. The molecule has 17 heavy (non-hydrogen) atoms. The van der Waals surface area contributed by atoms with Gasteiger partial charge in [-0.25, -0.2) is 0 Å². The summed E-state index contributed by atoms with van der Waals surface area (Å²) in [4.78, 5) is 16.4.